The smallest absolute Gasteiger partial charge is 0.193 e. The Labute approximate surface area is 210 Å². The monoisotopic (exact) mass is 475 g/mol. The zero-order valence-corrected chi connectivity index (χ0v) is 21.1. The van der Waals surface area contributed by atoms with Gasteiger partial charge in [0.1, 0.15) is 0 Å². The predicted molar refractivity (Wildman–Crippen MR) is 145 cm³/mol. The molecule has 0 fully saturated rings. The first kappa shape index (κ1) is 23.7. The van der Waals surface area contributed by atoms with Gasteiger partial charge in [0.25, 0.3) is 0 Å². The zero-order chi connectivity index (χ0) is 25.6. The molecule has 0 unspecified atom stereocenters. The average Bonchev–Trinajstić information content (AvgIpc) is 3.16. The molecular formula is C32H29NO3. The molecule has 4 nitrogen and oxygen atoms in total. The summed E-state index contributed by atoms with van der Waals surface area (Å²) in [6.45, 7) is 8.34. The van der Waals surface area contributed by atoms with Crippen LogP contribution in [0, 0.1) is 27.7 Å². The number of fused-ring (bicyclic) bond motifs is 3. The first-order chi connectivity index (χ1) is 17.3. The van der Waals surface area contributed by atoms with Gasteiger partial charge >= 0.3 is 0 Å². The van der Waals surface area contributed by atoms with E-state index in [1.165, 1.54) is 0 Å². The fraction of sp³-hybridized carbons (Fsp3) is 0.188. The van der Waals surface area contributed by atoms with E-state index in [9.17, 15) is 14.7 Å². The van der Waals surface area contributed by atoms with E-state index in [1.807, 2.05) is 105 Å². The van der Waals surface area contributed by atoms with Crippen LogP contribution in [0.1, 0.15) is 54.1 Å². The summed E-state index contributed by atoms with van der Waals surface area (Å²) in [4.78, 5) is 26.9. The van der Waals surface area contributed by atoms with Crippen molar-refractivity contribution in [3.8, 4) is 0 Å². The van der Waals surface area contributed by atoms with Crippen LogP contribution >= 0.6 is 0 Å². The number of ketones is 2. The van der Waals surface area contributed by atoms with E-state index < -0.39 is 0 Å². The van der Waals surface area contributed by atoms with Crippen molar-refractivity contribution in [2.75, 3.05) is 6.61 Å². The lowest BCUT2D eigenvalue weighted by atomic mass is 9.92. The third-order valence-corrected chi connectivity index (χ3v) is 7.01. The standard InChI is InChI=1S/C32H29NO3/c1-19-15-21(3)30(22(4)16-19)32(36)24-10-12-29-27(18-24)26-17-23(9-11-28(26)33(29)13-14-34)31(35)25-8-6-5-7-20(25)2/h5-12,15-18,34H,13-14H2,1-4H3. The number of nitrogens with zero attached hydrogens (tertiary/aromatic N) is 1. The molecule has 1 aromatic heterocycles. The highest BCUT2D eigenvalue weighted by Gasteiger charge is 2.19. The Morgan fingerprint density at radius 2 is 1.25 bits per heavy atom. The van der Waals surface area contributed by atoms with Crippen LogP contribution in [0.25, 0.3) is 21.8 Å². The Bertz CT molecular complexity index is 1650. The van der Waals surface area contributed by atoms with Gasteiger partial charge in [0.05, 0.1) is 6.61 Å². The Hall–Kier alpha value is -4.02. The first-order valence-electron chi connectivity index (χ1n) is 12.2. The molecule has 36 heavy (non-hydrogen) atoms. The Morgan fingerprint density at radius 3 is 1.81 bits per heavy atom. The van der Waals surface area contributed by atoms with Gasteiger partial charge in [0.2, 0.25) is 0 Å². The minimum atomic E-state index is -0.0313. The van der Waals surface area contributed by atoms with Gasteiger partial charge < -0.3 is 9.67 Å². The number of aliphatic hydroxyl groups is 1. The molecule has 1 N–H and O–H groups in total. The van der Waals surface area contributed by atoms with E-state index in [0.29, 0.717) is 23.2 Å². The van der Waals surface area contributed by atoms with Crippen molar-refractivity contribution in [2.45, 2.75) is 34.2 Å². The van der Waals surface area contributed by atoms with Gasteiger partial charge in [0, 0.05) is 50.6 Å². The second-order valence-corrected chi connectivity index (χ2v) is 9.59. The molecule has 0 aliphatic rings. The van der Waals surface area contributed by atoms with Gasteiger partial charge in [-0.3, -0.25) is 9.59 Å². The normalized spacial score (nSPS) is 11.4. The van der Waals surface area contributed by atoms with Crippen molar-refractivity contribution in [2.24, 2.45) is 0 Å². The van der Waals surface area contributed by atoms with Crippen LogP contribution in [0.3, 0.4) is 0 Å². The third-order valence-electron chi connectivity index (χ3n) is 7.01. The van der Waals surface area contributed by atoms with Crippen molar-refractivity contribution < 1.29 is 14.7 Å². The van der Waals surface area contributed by atoms with Crippen LogP contribution in [-0.4, -0.2) is 27.8 Å². The Balaban J connectivity index is 1.69. The van der Waals surface area contributed by atoms with E-state index in [0.717, 1.165) is 49.6 Å². The maximum Gasteiger partial charge on any atom is 0.193 e. The molecule has 4 heteroatoms. The molecule has 0 amide bonds. The number of carbonyl (C=O) groups is 2. The van der Waals surface area contributed by atoms with Crippen LogP contribution < -0.4 is 0 Å². The molecule has 0 radical (unpaired) electrons. The lowest BCUT2D eigenvalue weighted by Crippen LogP contribution is -2.07. The molecular weight excluding hydrogens is 446 g/mol. The molecule has 5 rings (SSSR count). The summed E-state index contributed by atoms with van der Waals surface area (Å²) in [7, 11) is 0. The highest BCUT2D eigenvalue weighted by molar-refractivity contribution is 6.18. The van der Waals surface area contributed by atoms with Crippen LogP contribution in [0.5, 0.6) is 0 Å². The quantitative estimate of drug-likeness (QED) is 0.286. The number of aromatic nitrogens is 1. The summed E-state index contributed by atoms with van der Waals surface area (Å²) in [5.41, 5.74) is 8.46. The SMILES string of the molecule is Cc1cc(C)c(C(=O)c2ccc3c(c2)c2cc(C(=O)c4ccccc4C)ccc2n3CCO)c(C)c1. The van der Waals surface area contributed by atoms with Gasteiger partial charge in [0.15, 0.2) is 11.6 Å². The summed E-state index contributed by atoms with van der Waals surface area (Å²) in [5, 5.41) is 11.5. The fourth-order valence-corrected chi connectivity index (χ4v) is 5.39. The van der Waals surface area contributed by atoms with Crippen molar-refractivity contribution in [3.05, 3.63) is 117 Å². The molecule has 0 spiro atoms. The van der Waals surface area contributed by atoms with Gasteiger partial charge in [-0.15, -0.1) is 0 Å². The lowest BCUT2D eigenvalue weighted by molar-refractivity contribution is 0.103. The molecule has 0 atom stereocenters. The number of aryl methyl sites for hydroxylation is 4. The molecule has 0 aliphatic heterocycles. The summed E-state index contributed by atoms with van der Waals surface area (Å²) in [6, 6.07) is 23.1. The first-order valence-corrected chi connectivity index (χ1v) is 12.2. The topological polar surface area (TPSA) is 59.3 Å². The van der Waals surface area contributed by atoms with E-state index in [4.69, 9.17) is 0 Å². The second kappa shape index (κ2) is 9.21. The molecule has 0 saturated carbocycles. The van der Waals surface area contributed by atoms with Gasteiger partial charge in [-0.25, -0.2) is 0 Å². The Morgan fingerprint density at radius 1 is 0.694 bits per heavy atom. The average molecular weight is 476 g/mol. The maximum absolute atomic E-state index is 13.6. The highest BCUT2D eigenvalue weighted by Crippen LogP contribution is 2.32. The van der Waals surface area contributed by atoms with Crippen LogP contribution in [0.2, 0.25) is 0 Å². The molecule has 180 valence electrons. The Kier molecular flexibility index (Phi) is 6.07. The molecule has 0 saturated heterocycles. The van der Waals surface area contributed by atoms with Crippen molar-refractivity contribution in [1.29, 1.82) is 0 Å². The van der Waals surface area contributed by atoms with Gasteiger partial charge in [-0.2, -0.15) is 0 Å². The summed E-state index contributed by atoms with van der Waals surface area (Å²) in [6.07, 6.45) is 0. The largest absolute Gasteiger partial charge is 0.395 e. The van der Waals surface area contributed by atoms with E-state index >= 15 is 0 Å². The summed E-state index contributed by atoms with van der Waals surface area (Å²) < 4.78 is 2.04. The number of benzene rings is 4. The number of hydrogen-bond donors (Lipinski definition) is 1. The van der Waals surface area contributed by atoms with Crippen molar-refractivity contribution >= 4 is 33.4 Å². The zero-order valence-electron chi connectivity index (χ0n) is 21.1. The maximum atomic E-state index is 13.6. The highest BCUT2D eigenvalue weighted by atomic mass is 16.3. The van der Waals surface area contributed by atoms with Crippen molar-refractivity contribution in [1.82, 2.24) is 4.57 Å². The van der Waals surface area contributed by atoms with E-state index in [2.05, 4.69) is 0 Å². The van der Waals surface area contributed by atoms with Crippen molar-refractivity contribution in [3.63, 3.8) is 0 Å². The van der Waals surface area contributed by atoms with Gasteiger partial charge in [-0.1, -0.05) is 42.0 Å². The van der Waals surface area contributed by atoms with E-state index in [-0.39, 0.29) is 18.2 Å². The fourth-order valence-electron chi connectivity index (χ4n) is 5.39. The minimum Gasteiger partial charge on any atom is -0.395 e. The summed E-state index contributed by atoms with van der Waals surface area (Å²) >= 11 is 0. The molecule has 4 aromatic carbocycles. The number of aliphatic hydroxyl groups excluding tert-OH is 1. The second-order valence-electron chi connectivity index (χ2n) is 9.59. The number of hydrogen-bond acceptors (Lipinski definition) is 3. The van der Waals surface area contributed by atoms with Crippen LogP contribution in [0.4, 0.5) is 0 Å². The molecule has 0 aliphatic carbocycles. The van der Waals surface area contributed by atoms with Gasteiger partial charge in [-0.05, 0) is 80.8 Å². The molecule has 1 heterocycles. The molecule has 0 bridgehead atoms. The van der Waals surface area contributed by atoms with Crippen LogP contribution in [0.15, 0.2) is 72.8 Å². The summed E-state index contributed by atoms with van der Waals surface area (Å²) in [5.74, 6) is -0.0432. The minimum absolute atomic E-state index is 0.00872. The van der Waals surface area contributed by atoms with E-state index in [1.54, 1.807) is 0 Å². The molecule has 5 aromatic rings. The lowest BCUT2D eigenvalue weighted by Gasteiger charge is -2.11. The van der Waals surface area contributed by atoms with Crippen LogP contribution in [-0.2, 0) is 6.54 Å². The third kappa shape index (κ3) is 3.94. The number of carbonyl (C=O) groups excluding carboxylic acids is 2. The predicted octanol–water partition coefficient (Wildman–Crippen LogP) is 6.48. The number of rotatable bonds is 6.